The van der Waals surface area contributed by atoms with Crippen LogP contribution >= 0.6 is 11.6 Å². The number of carbonyl (C=O) groups excluding carboxylic acids is 1. The highest BCUT2D eigenvalue weighted by molar-refractivity contribution is 6.29. The Hall–Kier alpha value is -1.77. The van der Waals surface area contributed by atoms with Gasteiger partial charge in [-0.25, -0.2) is 9.78 Å². The van der Waals surface area contributed by atoms with E-state index in [0.717, 1.165) is 12.3 Å². The molecule has 0 bridgehead atoms. The first-order chi connectivity index (χ1) is 10.1. The van der Waals surface area contributed by atoms with Gasteiger partial charge >= 0.3 is 11.7 Å². The molecule has 0 aromatic carbocycles. The molecule has 0 amide bonds. The van der Waals surface area contributed by atoms with Crippen LogP contribution in [0.2, 0.25) is 5.15 Å². The minimum atomic E-state index is -0.817. The molecule has 0 N–H and O–H groups in total. The van der Waals surface area contributed by atoms with E-state index in [-0.39, 0.29) is 17.3 Å². The largest absolute Gasteiger partial charge is 0.462 e. The Bertz CT molecular complexity index is 497. The zero-order valence-corrected chi connectivity index (χ0v) is 12.2. The van der Waals surface area contributed by atoms with Crippen molar-refractivity contribution in [2.24, 2.45) is 0 Å². The molecule has 0 saturated heterocycles. The van der Waals surface area contributed by atoms with Crippen LogP contribution in [0.4, 0.5) is 5.69 Å². The van der Waals surface area contributed by atoms with Gasteiger partial charge in [0, 0.05) is 20.1 Å². The van der Waals surface area contributed by atoms with Crippen LogP contribution in [0.1, 0.15) is 16.8 Å². The van der Waals surface area contributed by atoms with Crippen LogP contribution in [-0.2, 0) is 14.2 Å². The molecule has 0 spiro atoms. The van der Waals surface area contributed by atoms with Gasteiger partial charge in [-0.1, -0.05) is 11.6 Å². The fourth-order valence-corrected chi connectivity index (χ4v) is 1.54. The maximum atomic E-state index is 11.8. The molecule has 0 fully saturated rings. The van der Waals surface area contributed by atoms with Crippen LogP contribution < -0.4 is 0 Å². The van der Waals surface area contributed by atoms with Gasteiger partial charge < -0.3 is 14.2 Å². The van der Waals surface area contributed by atoms with E-state index in [1.54, 1.807) is 7.11 Å². The van der Waals surface area contributed by atoms with Crippen LogP contribution in [0.3, 0.4) is 0 Å². The van der Waals surface area contributed by atoms with Crippen LogP contribution in [-0.4, -0.2) is 49.4 Å². The van der Waals surface area contributed by atoms with Crippen molar-refractivity contribution in [1.82, 2.24) is 4.98 Å². The van der Waals surface area contributed by atoms with Gasteiger partial charge in [-0.15, -0.1) is 0 Å². The Morgan fingerprint density at radius 1 is 1.38 bits per heavy atom. The molecule has 1 rings (SSSR count). The molecule has 0 radical (unpaired) electrons. The van der Waals surface area contributed by atoms with Crippen molar-refractivity contribution in [3.63, 3.8) is 0 Å². The second kappa shape index (κ2) is 9.22. The molecule has 0 aliphatic rings. The fourth-order valence-electron chi connectivity index (χ4n) is 1.38. The van der Waals surface area contributed by atoms with E-state index in [1.165, 1.54) is 0 Å². The number of rotatable bonds is 9. The molecule has 0 atom stereocenters. The first-order valence-electron chi connectivity index (χ1n) is 6.10. The Balaban J connectivity index is 2.45. The summed E-state index contributed by atoms with van der Waals surface area (Å²) >= 11 is 5.62. The van der Waals surface area contributed by atoms with Crippen LogP contribution in [0.25, 0.3) is 0 Å². The van der Waals surface area contributed by atoms with Gasteiger partial charge in [0.1, 0.15) is 16.9 Å². The number of nitro groups is 1. The van der Waals surface area contributed by atoms with Crippen molar-refractivity contribution in [3.8, 4) is 0 Å². The Kier molecular flexibility index (Phi) is 7.59. The van der Waals surface area contributed by atoms with E-state index in [4.69, 9.17) is 25.8 Å². The lowest BCUT2D eigenvalue weighted by Crippen LogP contribution is -2.11. The summed E-state index contributed by atoms with van der Waals surface area (Å²) < 4.78 is 14.9. The second-order valence-corrected chi connectivity index (χ2v) is 4.26. The molecule has 1 aromatic rings. The summed E-state index contributed by atoms with van der Waals surface area (Å²) in [5.74, 6) is -0.817. The SMILES string of the molecule is COCCOCCCOC(=O)c1cc(Cl)ncc1[N+](=O)[O-]. The van der Waals surface area contributed by atoms with Crippen molar-refractivity contribution < 1.29 is 23.9 Å². The maximum Gasteiger partial charge on any atom is 0.345 e. The van der Waals surface area contributed by atoms with Gasteiger partial charge in [-0.05, 0) is 6.07 Å². The van der Waals surface area contributed by atoms with E-state index in [2.05, 4.69) is 4.98 Å². The van der Waals surface area contributed by atoms with E-state index in [0.29, 0.717) is 26.2 Å². The molecule has 0 aliphatic carbocycles. The minimum absolute atomic E-state index is 0.0181. The number of nitrogens with zero attached hydrogens (tertiary/aromatic N) is 2. The highest BCUT2D eigenvalue weighted by atomic mass is 35.5. The lowest BCUT2D eigenvalue weighted by Gasteiger charge is -2.06. The van der Waals surface area contributed by atoms with Gasteiger partial charge in [0.15, 0.2) is 0 Å². The standard InChI is InChI=1S/C12H15ClN2O6/c1-19-5-6-20-3-2-4-21-12(16)9-7-11(13)14-8-10(9)15(17)18/h7-8H,2-6H2,1H3. The molecule has 1 aromatic heterocycles. The average molecular weight is 319 g/mol. The summed E-state index contributed by atoms with van der Waals surface area (Å²) in [7, 11) is 1.57. The summed E-state index contributed by atoms with van der Waals surface area (Å²) in [5, 5.41) is 10.8. The van der Waals surface area contributed by atoms with Crippen LogP contribution in [0.15, 0.2) is 12.3 Å². The fraction of sp³-hybridized carbons (Fsp3) is 0.500. The summed E-state index contributed by atoms with van der Waals surface area (Å²) in [6.45, 7) is 1.43. The molecule has 0 unspecified atom stereocenters. The Morgan fingerprint density at radius 3 is 2.81 bits per heavy atom. The summed E-state index contributed by atoms with van der Waals surface area (Å²) in [4.78, 5) is 25.4. The number of hydrogen-bond donors (Lipinski definition) is 0. The summed E-state index contributed by atoms with van der Waals surface area (Å²) in [6.07, 6.45) is 1.40. The maximum absolute atomic E-state index is 11.8. The van der Waals surface area contributed by atoms with Crippen LogP contribution in [0.5, 0.6) is 0 Å². The van der Waals surface area contributed by atoms with Gasteiger partial charge in [-0.2, -0.15) is 0 Å². The lowest BCUT2D eigenvalue weighted by atomic mass is 10.2. The summed E-state index contributed by atoms with van der Waals surface area (Å²) in [5.41, 5.74) is -0.666. The molecule has 8 nitrogen and oxygen atoms in total. The third-order valence-electron chi connectivity index (χ3n) is 2.36. The van der Waals surface area contributed by atoms with Crippen molar-refractivity contribution >= 4 is 23.3 Å². The zero-order valence-electron chi connectivity index (χ0n) is 11.4. The molecular formula is C12H15ClN2O6. The number of methoxy groups -OCH3 is 1. The number of aromatic nitrogens is 1. The molecule has 0 aliphatic heterocycles. The summed E-state index contributed by atoms with van der Waals surface area (Å²) in [6, 6.07) is 1.11. The molecule has 21 heavy (non-hydrogen) atoms. The van der Waals surface area contributed by atoms with Crippen molar-refractivity contribution in [1.29, 1.82) is 0 Å². The highest BCUT2D eigenvalue weighted by Gasteiger charge is 2.22. The smallest absolute Gasteiger partial charge is 0.345 e. The van der Waals surface area contributed by atoms with Crippen molar-refractivity contribution in [2.75, 3.05) is 33.5 Å². The van der Waals surface area contributed by atoms with Gasteiger partial charge in [0.25, 0.3) is 0 Å². The molecule has 0 saturated carbocycles. The number of carbonyl (C=O) groups is 1. The second-order valence-electron chi connectivity index (χ2n) is 3.88. The topological polar surface area (TPSA) is 101 Å². The lowest BCUT2D eigenvalue weighted by molar-refractivity contribution is -0.385. The molecule has 9 heteroatoms. The molecule has 1 heterocycles. The quantitative estimate of drug-likeness (QED) is 0.225. The zero-order chi connectivity index (χ0) is 15.7. The minimum Gasteiger partial charge on any atom is -0.462 e. The number of pyridine rings is 1. The number of esters is 1. The van der Waals surface area contributed by atoms with E-state index < -0.39 is 16.6 Å². The predicted molar refractivity (Wildman–Crippen MR) is 73.5 cm³/mol. The van der Waals surface area contributed by atoms with Crippen molar-refractivity contribution in [3.05, 3.63) is 33.1 Å². The normalized spacial score (nSPS) is 10.4. The van der Waals surface area contributed by atoms with Gasteiger partial charge in [0.05, 0.1) is 24.7 Å². The third kappa shape index (κ3) is 6.03. The first-order valence-corrected chi connectivity index (χ1v) is 6.47. The number of halogens is 1. The van der Waals surface area contributed by atoms with Gasteiger partial charge in [0.2, 0.25) is 0 Å². The predicted octanol–water partition coefficient (Wildman–Crippen LogP) is 1.85. The monoisotopic (exact) mass is 318 g/mol. The van der Waals surface area contributed by atoms with Gasteiger partial charge in [-0.3, -0.25) is 10.1 Å². The Labute approximate surface area is 126 Å². The first kappa shape index (κ1) is 17.3. The number of ether oxygens (including phenoxy) is 3. The van der Waals surface area contributed by atoms with Crippen molar-refractivity contribution in [2.45, 2.75) is 6.42 Å². The number of hydrogen-bond acceptors (Lipinski definition) is 7. The van der Waals surface area contributed by atoms with E-state index >= 15 is 0 Å². The molecule has 116 valence electrons. The Morgan fingerprint density at radius 2 is 2.14 bits per heavy atom. The van der Waals surface area contributed by atoms with Crippen LogP contribution in [0, 0.1) is 10.1 Å². The average Bonchev–Trinajstić information content (AvgIpc) is 2.45. The van der Waals surface area contributed by atoms with E-state index in [1.807, 2.05) is 0 Å². The molecular weight excluding hydrogens is 304 g/mol. The third-order valence-corrected chi connectivity index (χ3v) is 2.57. The van der Waals surface area contributed by atoms with E-state index in [9.17, 15) is 14.9 Å². The highest BCUT2D eigenvalue weighted by Crippen LogP contribution is 2.21.